The number of carbonyl (C=O) groups is 2. The smallest absolute Gasteiger partial charge is 0.229 e. The molecule has 0 bridgehead atoms. The van der Waals surface area contributed by atoms with Crippen molar-refractivity contribution in [1.29, 1.82) is 0 Å². The highest BCUT2D eigenvalue weighted by molar-refractivity contribution is 6.01. The third-order valence-corrected chi connectivity index (χ3v) is 2.64. The Balaban J connectivity index is 2.11. The lowest BCUT2D eigenvalue weighted by Crippen LogP contribution is -2.29. The highest BCUT2D eigenvalue weighted by atomic mass is 16.2. The van der Waals surface area contributed by atoms with Crippen LogP contribution in [-0.2, 0) is 9.59 Å². The molecule has 0 aliphatic carbocycles. The number of nitrogens with zero attached hydrogens (tertiary/aromatic N) is 1. The molecule has 14 heavy (non-hydrogen) atoms. The summed E-state index contributed by atoms with van der Waals surface area (Å²) in [5, 5.41) is 0. The Hall–Kier alpha value is -0.860. The molecule has 1 heterocycles. The molecule has 0 atom stereocenters. The van der Waals surface area contributed by atoms with Gasteiger partial charge in [-0.25, -0.2) is 0 Å². The average molecular weight is 197 g/mol. The summed E-state index contributed by atoms with van der Waals surface area (Å²) in [6, 6.07) is 0. The van der Waals surface area contributed by atoms with Crippen LogP contribution in [-0.4, -0.2) is 23.3 Å². The van der Waals surface area contributed by atoms with Crippen LogP contribution in [0.4, 0.5) is 0 Å². The van der Waals surface area contributed by atoms with Crippen molar-refractivity contribution in [3.05, 3.63) is 0 Å². The molecule has 3 nitrogen and oxygen atoms in total. The molecule has 0 unspecified atom stereocenters. The van der Waals surface area contributed by atoms with E-state index in [9.17, 15) is 9.59 Å². The van der Waals surface area contributed by atoms with Crippen molar-refractivity contribution >= 4 is 11.8 Å². The molecule has 1 aliphatic rings. The Labute approximate surface area is 85.5 Å². The summed E-state index contributed by atoms with van der Waals surface area (Å²) < 4.78 is 0. The van der Waals surface area contributed by atoms with Crippen molar-refractivity contribution in [3.8, 4) is 0 Å². The number of rotatable bonds is 6. The standard InChI is InChI=1S/C11H19NO2/c1-2-3-4-5-6-9-12-10(13)7-8-11(12)14/h2-9H2,1H3. The maximum absolute atomic E-state index is 11.2. The second-order valence-corrected chi connectivity index (χ2v) is 3.85. The van der Waals surface area contributed by atoms with Crippen LogP contribution in [0.2, 0.25) is 0 Å². The normalized spacial score (nSPS) is 16.8. The van der Waals surface area contributed by atoms with E-state index in [1.54, 1.807) is 0 Å². The van der Waals surface area contributed by atoms with Crippen LogP contribution in [0.15, 0.2) is 0 Å². The van der Waals surface area contributed by atoms with E-state index in [2.05, 4.69) is 6.92 Å². The van der Waals surface area contributed by atoms with Gasteiger partial charge in [0.05, 0.1) is 0 Å². The van der Waals surface area contributed by atoms with Gasteiger partial charge in [0.25, 0.3) is 0 Å². The zero-order valence-electron chi connectivity index (χ0n) is 8.92. The van der Waals surface area contributed by atoms with Gasteiger partial charge in [-0.15, -0.1) is 0 Å². The number of imide groups is 1. The van der Waals surface area contributed by atoms with Gasteiger partial charge in [0.1, 0.15) is 0 Å². The van der Waals surface area contributed by atoms with Gasteiger partial charge in [-0.3, -0.25) is 14.5 Å². The van der Waals surface area contributed by atoms with Crippen molar-refractivity contribution in [2.45, 2.75) is 51.9 Å². The first-order chi connectivity index (χ1) is 6.75. The van der Waals surface area contributed by atoms with E-state index in [0.29, 0.717) is 19.4 Å². The van der Waals surface area contributed by atoms with Crippen molar-refractivity contribution < 1.29 is 9.59 Å². The van der Waals surface area contributed by atoms with Crippen LogP contribution in [0.25, 0.3) is 0 Å². The van der Waals surface area contributed by atoms with Crippen LogP contribution < -0.4 is 0 Å². The Morgan fingerprint density at radius 2 is 1.57 bits per heavy atom. The van der Waals surface area contributed by atoms with E-state index in [-0.39, 0.29) is 11.8 Å². The molecule has 0 aromatic rings. The fraction of sp³-hybridized carbons (Fsp3) is 0.818. The van der Waals surface area contributed by atoms with Gasteiger partial charge >= 0.3 is 0 Å². The van der Waals surface area contributed by atoms with Crippen LogP contribution in [0.3, 0.4) is 0 Å². The van der Waals surface area contributed by atoms with Crippen molar-refractivity contribution in [2.24, 2.45) is 0 Å². The quantitative estimate of drug-likeness (QED) is 0.483. The SMILES string of the molecule is CCCCCCCN1C(=O)CCC1=O. The van der Waals surface area contributed by atoms with Gasteiger partial charge in [0.2, 0.25) is 11.8 Å². The Bertz CT molecular complexity index is 197. The fourth-order valence-corrected chi connectivity index (χ4v) is 1.75. The van der Waals surface area contributed by atoms with Crippen molar-refractivity contribution in [3.63, 3.8) is 0 Å². The monoisotopic (exact) mass is 197 g/mol. The minimum absolute atomic E-state index is 0.0190. The molecule has 3 heteroatoms. The molecule has 1 saturated heterocycles. The largest absolute Gasteiger partial charge is 0.283 e. The van der Waals surface area contributed by atoms with Gasteiger partial charge in [0.15, 0.2) is 0 Å². The molecule has 0 N–H and O–H groups in total. The summed E-state index contributed by atoms with van der Waals surface area (Å²) in [4.78, 5) is 23.8. The molecule has 1 rings (SSSR count). The van der Waals surface area contributed by atoms with E-state index in [4.69, 9.17) is 0 Å². The predicted octanol–water partition coefficient (Wildman–Crippen LogP) is 2.11. The summed E-state index contributed by atoms with van der Waals surface area (Å²) in [6.45, 7) is 2.81. The molecular weight excluding hydrogens is 178 g/mol. The number of likely N-dealkylation sites (tertiary alicyclic amines) is 1. The summed E-state index contributed by atoms with van der Waals surface area (Å²) in [6.07, 6.45) is 6.64. The third-order valence-electron chi connectivity index (χ3n) is 2.64. The highest BCUT2D eigenvalue weighted by Gasteiger charge is 2.27. The molecule has 0 spiro atoms. The fourth-order valence-electron chi connectivity index (χ4n) is 1.75. The van der Waals surface area contributed by atoms with Gasteiger partial charge in [-0.2, -0.15) is 0 Å². The topological polar surface area (TPSA) is 37.4 Å². The van der Waals surface area contributed by atoms with Crippen molar-refractivity contribution in [2.75, 3.05) is 6.54 Å². The molecule has 2 amide bonds. The Kier molecular flexibility index (Phi) is 4.63. The first-order valence-corrected chi connectivity index (χ1v) is 5.59. The van der Waals surface area contributed by atoms with Gasteiger partial charge in [-0.1, -0.05) is 32.6 Å². The van der Waals surface area contributed by atoms with Crippen molar-refractivity contribution in [1.82, 2.24) is 4.90 Å². The van der Waals surface area contributed by atoms with E-state index >= 15 is 0 Å². The third kappa shape index (κ3) is 3.13. The first-order valence-electron chi connectivity index (χ1n) is 5.59. The molecular formula is C11H19NO2. The minimum atomic E-state index is 0.0190. The zero-order valence-corrected chi connectivity index (χ0v) is 8.92. The molecule has 80 valence electrons. The Morgan fingerprint density at radius 1 is 1.00 bits per heavy atom. The Morgan fingerprint density at radius 3 is 2.14 bits per heavy atom. The highest BCUT2D eigenvalue weighted by Crippen LogP contribution is 2.13. The lowest BCUT2D eigenvalue weighted by molar-refractivity contribution is -0.138. The summed E-state index contributed by atoms with van der Waals surface area (Å²) in [5.74, 6) is 0.0379. The van der Waals surface area contributed by atoms with E-state index in [1.165, 1.54) is 24.2 Å². The van der Waals surface area contributed by atoms with Gasteiger partial charge in [-0.05, 0) is 6.42 Å². The lowest BCUT2D eigenvalue weighted by atomic mass is 10.1. The maximum Gasteiger partial charge on any atom is 0.229 e. The maximum atomic E-state index is 11.2. The summed E-state index contributed by atoms with van der Waals surface area (Å²) >= 11 is 0. The molecule has 1 aliphatic heterocycles. The number of hydrogen-bond acceptors (Lipinski definition) is 2. The molecule has 0 radical (unpaired) electrons. The van der Waals surface area contributed by atoms with Crippen LogP contribution in [0, 0.1) is 0 Å². The number of hydrogen-bond donors (Lipinski definition) is 0. The second kappa shape index (κ2) is 5.78. The van der Waals surface area contributed by atoms with E-state index in [0.717, 1.165) is 12.8 Å². The number of unbranched alkanes of at least 4 members (excludes halogenated alkanes) is 4. The molecule has 1 fully saturated rings. The summed E-state index contributed by atoms with van der Waals surface area (Å²) in [5.41, 5.74) is 0. The number of amides is 2. The summed E-state index contributed by atoms with van der Waals surface area (Å²) in [7, 11) is 0. The van der Waals surface area contributed by atoms with Crippen LogP contribution in [0.1, 0.15) is 51.9 Å². The van der Waals surface area contributed by atoms with E-state index in [1.807, 2.05) is 0 Å². The van der Waals surface area contributed by atoms with Crippen LogP contribution >= 0.6 is 0 Å². The lowest BCUT2D eigenvalue weighted by Gasteiger charge is -2.12. The average Bonchev–Trinajstić information content (AvgIpc) is 2.48. The molecule has 0 aromatic carbocycles. The number of carbonyl (C=O) groups excluding carboxylic acids is 2. The minimum Gasteiger partial charge on any atom is -0.283 e. The van der Waals surface area contributed by atoms with Gasteiger partial charge in [0, 0.05) is 19.4 Å². The zero-order chi connectivity index (χ0) is 10.4. The molecule has 0 aromatic heterocycles. The first kappa shape index (κ1) is 11.2. The predicted molar refractivity (Wildman–Crippen MR) is 54.7 cm³/mol. The molecule has 0 saturated carbocycles. The van der Waals surface area contributed by atoms with Gasteiger partial charge < -0.3 is 0 Å². The second-order valence-electron chi connectivity index (χ2n) is 3.85. The van der Waals surface area contributed by atoms with Crippen LogP contribution in [0.5, 0.6) is 0 Å². The van der Waals surface area contributed by atoms with E-state index < -0.39 is 0 Å².